The van der Waals surface area contributed by atoms with Crippen LogP contribution < -0.4 is 4.72 Å². The molecule has 1 aliphatic heterocycles. The maximum Gasteiger partial charge on any atom is 0.309 e. The lowest BCUT2D eigenvalue weighted by Crippen LogP contribution is -2.26. The van der Waals surface area contributed by atoms with Crippen LogP contribution in [-0.4, -0.2) is 17.4 Å². The summed E-state index contributed by atoms with van der Waals surface area (Å²) in [5, 5.41) is 9.10. The molecule has 0 atom stereocenters. The van der Waals surface area contributed by atoms with Crippen molar-refractivity contribution in [2.45, 2.75) is 25.2 Å². The van der Waals surface area contributed by atoms with Gasteiger partial charge in [0.1, 0.15) is 0 Å². The first-order valence-corrected chi connectivity index (χ1v) is 6.12. The second-order valence-corrected chi connectivity index (χ2v) is 5.53. The van der Waals surface area contributed by atoms with Crippen molar-refractivity contribution in [3.05, 3.63) is 23.8 Å². The van der Waals surface area contributed by atoms with Crippen molar-refractivity contribution >= 4 is 29.9 Å². The van der Waals surface area contributed by atoms with Gasteiger partial charge in [-0.1, -0.05) is 6.07 Å². The second-order valence-electron chi connectivity index (χ2n) is 4.65. The molecule has 1 aromatic rings. The quantitative estimate of drug-likeness (QED) is 0.809. The van der Waals surface area contributed by atoms with Crippen LogP contribution in [0.3, 0.4) is 0 Å². The van der Waals surface area contributed by atoms with E-state index in [9.17, 15) is 4.79 Å². The van der Waals surface area contributed by atoms with Crippen molar-refractivity contribution in [1.82, 2.24) is 4.72 Å². The molecular formula is C12H14N2O2S. The Labute approximate surface area is 104 Å². The first-order valence-electron chi connectivity index (χ1n) is 5.30. The van der Waals surface area contributed by atoms with Gasteiger partial charge in [0.25, 0.3) is 0 Å². The van der Waals surface area contributed by atoms with Crippen LogP contribution in [0.1, 0.15) is 19.4 Å². The number of carboxylic acid groups (broad SMARTS) is 1. The number of fused-ring (bicyclic) bond motifs is 1. The standard InChI is InChI=1S/C12H14N2O2S/c1-12(2,11(15)16)6-8-3-4-9-10(5-8)17-14-7-13-9/h3-5,7H,6H2,1-2H3,(H,13,14)(H,15,16). The normalized spacial score (nSPS) is 14.0. The number of carbonyl (C=O) groups is 1. The van der Waals surface area contributed by atoms with Gasteiger partial charge in [0.15, 0.2) is 0 Å². The number of aliphatic imine (C=N–C) groups is 1. The average Bonchev–Trinajstić information content (AvgIpc) is 2.28. The maximum absolute atomic E-state index is 11.1. The minimum atomic E-state index is -0.779. The van der Waals surface area contributed by atoms with E-state index in [0.717, 1.165) is 16.1 Å². The van der Waals surface area contributed by atoms with Crippen molar-refractivity contribution in [2.24, 2.45) is 10.4 Å². The zero-order valence-electron chi connectivity index (χ0n) is 9.73. The van der Waals surface area contributed by atoms with Crippen molar-refractivity contribution in [3.8, 4) is 0 Å². The minimum absolute atomic E-state index is 0.514. The minimum Gasteiger partial charge on any atom is -0.481 e. The van der Waals surface area contributed by atoms with E-state index in [1.807, 2.05) is 18.2 Å². The summed E-state index contributed by atoms with van der Waals surface area (Å²) >= 11 is 1.49. The number of aliphatic carboxylic acids is 1. The number of rotatable bonds is 3. The van der Waals surface area contributed by atoms with E-state index in [1.54, 1.807) is 20.2 Å². The Morgan fingerprint density at radius 3 is 3.00 bits per heavy atom. The molecule has 0 saturated carbocycles. The summed E-state index contributed by atoms with van der Waals surface area (Å²) in [7, 11) is 0. The topological polar surface area (TPSA) is 61.7 Å². The number of hydrogen-bond donors (Lipinski definition) is 2. The van der Waals surface area contributed by atoms with Crippen LogP contribution in [-0.2, 0) is 11.2 Å². The SMILES string of the molecule is CC(C)(Cc1ccc2c(c1)SNC=N2)C(=O)O. The van der Waals surface area contributed by atoms with Gasteiger partial charge in [0.2, 0.25) is 0 Å². The van der Waals surface area contributed by atoms with Crippen LogP contribution >= 0.6 is 11.9 Å². The highest BCUT2D eigenvalue weighted by atomic mass is 32.2. The number of nitrogens with one attached hydrogen (secondary N) is 1. The van der Waals surface area contributed by atoms with Crippen LogP contribution in [0, 0.1) is 5.41 Å². The molecule has 1 aromatic carbocycles. The molecule has 2 N–H and O–H groups in total. The van der Waals surface area contributed by atoms with Gasteiger partial charge in [-0.3, -0.25) is 4.79 Å². The molecule has 2 rings (SSSR count). The molecule has 0 fully saturated rings. The number of benzene rings is 1. The third-order valence-corrected chi connectivity index (χ3v) is 3.44. The molecule has 4 nitrogen and oxygen atoms in total. The summed E-state index contributed by atoms with van der Waals surface area (Å²) < 4.78 is 2.96. The lowest BCUT2D eigenvalue weighted by Gasteiger charge is -2.20. The van der Waals surface area contributed by atoms with Gasteiger partial charge in [-0.25, -0.2) is 4.99 Å². The highest BCUT2D eigenvalue weighted by Crippen LogP contribution is 2.32. The molecule has 0 aromatic heterocycles. The van der Waals surface area contributed by atoms with Crippen molar-refractivity contribution in [2.75, 3.05) is 0 Å². The van der Waals surface area contributed by atoms with E-state index in [0.29, 0.717) is 6.42 Å². The van der Waals surface area contributed by atoms with Gasteiger partial charge in [0, 0.05) is 0 Å². The van der Waals surface area contributed by atoms with Gasteiger partial charge < -0.3 is 9.83 Å². The van der Waals surface area contributed by atoms with Crippen molar-refractivity contribution < 1.29 is 9.90 Å². The van der Waals surface area contributed by atoms with Crippen LogP contribution in [0.4, 0.5) is 5.69 Å². The smallest absolute Gasteiger partial charge is 0.309 e. The van der Waals surface area contributed by atoms with Gasteiger partial charge in [0.05, 0.1) is 22.3 Å². The van der Waals surface area contributed by atoms with E-state index in [4.69, 9.17) is 5.11 Å². The molecule has 0 radical (unpaired) electrons. The van der Waals surface area contributed by atoms with Crippen molar-refractivity contribution in [3.63, 3.8) is 0 Å². The van der Waals surface area contributed by atoms with Gasteiger partial charge >= 0.3 is 5.97 Å². The Bertz CT molecular complexity index is 483. The molecule has 90 valence electrons. The zero-order valence-corrected chi connectivity index (χ0v) is 10.5. The molecule has 0 amide bonds. The van der Waals surface area contributed by atoms with Crippen molar-refractivity contribution in [1.29, 1.82) is 0 Å². The predicted molar refractivity (Wildman–Crippen MR) is 68.7 cm³/mol. The first-order chi connectivity index (χ1) is 7.99. The molecule has 0 bridgehead atoms. The van der Waals surface area contributed by atoms with E-state index < -0.39 is 11.4 Å². The van der Waals surface area contributed by atoms with Gasteiger partial charge in [-0.15, -0.1) is 0 Å². The molecule has 1 aliphatic rings. The fourth-order valence-electron chi connectivity index (χ4n) is 1.63. The zero-order chi connectivity index (χ0) is 12.5. The second kappa shape index (κ2) is 4.41. The van der Waals surface area contributed by atoms with E-state index in [2.05, 4.69) is 9.71 Å². The average molecular weight is 250 g/mol. The Kier molecular flexibility index (Phi) is 3.11. The predicted octanol–water partition coefficient (Wildman–Crippen LogP) is 2.61. The highest BCUT2D eigenvalue weighted by Gasteiger charge is 2.27. The summed E-state index contributed by atoms with van der Waals surface area (Å²) in [6, 6.07) is 5.86. The van der Waals surface area contributed by atoms with Crippen LogP contribution in [0.5, 0.6) is 0 Å². The monoisotopic (exact) mass is 250 g/mol. The van der Waals surface area contributed by atoms with Crippen LogP contribution in [0.25, 0.3) is 0 Å². The van der Waals surface area contributed by atoms with Gasteiger partial charge in [-0.05, 0) is 49.9 Å². The summed E-state index contributed by atoms with van der Waals surface area (Å²) in [5.41, 5.74) is 1.19. The molecule has 17 heavy (non-hydrogen) atoms. The molecule has 0 aliphatic carbocycles. The Morgan fingerprint density at radius 2 is 2.29 bits per heavy atom. The molecule has 5 heteroatoms. The third kappa shape index (κ3) is 2.61. The van der Waals surface area contributed by atoms with E-state index >= 15 is 0 Å². The molecule has 0 unspecified atom stereocenters. The molecule has 0 spiro atoms. The Balaban J connectivity index is 2.24. The number of hydrogen-bond acceptors (Lipinski definition) is 4. The lowest BCUT2D eigenvalue weighted by molar-refractivity contribution is -0.146. The van der Waals surface area contributed by atoms with E-state index in [1.165, 1.54) is 11.9 Å². The largest absolute Gasteiger partial charge is 0.481 e. The Hall–Kier alpha value is -1.49. The third-order valence-electron chi connectivity index (χ3n) is 2.67. The Morgan fingerprint density at radius 1 is 1.53 bits per heavy atom. The fourth-order valence-corrected chi connectivity index (χ4v) is 2.30. The number of nitrogens with zero attached hydrogens (tertiary/aromatic N) is 1. The van der Waals surface area contributed by atoms with Crippen LogP contribution in [0.2, 0.25) is 0 Å². The lowest BCUT2D eigenvalue weighted by atomic mass is 9.86. The first kappa shape index (κ1) is 12.0. The molecule has 0 saturated heterocycles. The fraction of sp³-hybridized carbons (Fsp3) is 0.333. The molecular weight excluding hydrogens is 236 g/mol. The van der Waals surface area contributed by atoms with Crippen LogP contribution in [0.15, 0.2) is 28.1 Å². The molecule has 1 heterocycles. The highest BCUT2D eigenvalue weighted by molar-refractivity contribution is 7.98. The number of carboxylic acids is 1. The van der Waals surface area contributed by atoms with E-state index in [-0.39, 0.29) is 0 Å². The summed E-state index contributed by atoms with van der Waals surface area (Å²) in [4.78, 5) is 16.3. The summed E-state index contributed by atoms with van der Waals surface area (Å²) in [6.07, 6.45) is 2.16. The summed E-state index contributed by atoms with van der Waals surface area (Å²) in [5.74, 6) is -0.779. The maximum atomic E-state index is 11.1. The van der Waals surface area contributed by atoms with Gasteiger partial charge in [-0.2, -0.15) is 0 Å². The summed E-state index contributed by atoms with van der Waals surface area (Å²) in [6.45, 7) is 3.47.